The van der Waals surface area contributed by atoms with Crippen LogP contribution in [0.3, 0.4) is 0 Å². The zero-order valence-electron chi connectivity index (χ0n) is 13.8. The van der Waals surface area contributed by atoms with Crippen molar-refractivity contribution in [3.8, 4) is 0 Å². The molecule has 3 aromatic heterocycles. The molecule has 8 heteroatoms. The van der Waals surface area contributed by atoms with Crippen molar-refractivity contribution in [2.75, 3.05) is 0 Å². The highest BCUT2D eigenvalue weighted by atomic mass is 32.2. The van der Waals surface area contributed by atoms with E-state index in [9.17, 15) is 4.79 Å². The van der Waals surface area contributed by atoms with Gasteiger partial charge >= 0.3 is 0 Å². The van der Waals surface area contributed by atoms with E-state index in [1.807, 2.05) is 52.9 Å². The van der Waals surface area contributed by atoms with Crippen LogP contribution >= 0.6 is 11.8 Å². The van der Waals surface area contributed by atoms with E-state index in [2.05, 4.69) is 15.2 Å². The third-order valence-corrected chi connectivity index (χ3v) is 5.12. The van der Waals surface area contributed by atoms with Gasteiger partial charge in [0.25, 0.3) is 10.8 Å². The van der Waals surface area contributed by atoms with Crippen molar-refractivity contribution in [2.24, 2.45) is 7.05 Å². The topological polar surface area (TPSA) is 78.2 Å². The van der Waals surface area contributed by atoms with Gasteiger partial charge in [-0.15, -0.1) is 10.2 Å². The summed E-state index contributed by atoms with van der Waals surface area (Å²) in [7, 11) is 1.70. The Morgan fingerprint density at radius 1 is 1.08 bits per heavy atom. The van der Waals surface area contributed by atoms with E-state index in [-0.39, 0.29) is 5.56 Å². The molecule has 0 saturated heterocycles. The van der Waals surface area contributed by atoms with E-state index in [0.717, 1.165) is 22.4 Å². The van der Waals surface area contributed by atoms with E-state index in [4.69, 9.17) is 4.42 Å². The van der Waals surface area contributed by atoms with Gasteiger partial charge in [-0.2, -0.15) is 0 Å². The second-order valence-corrected chi connectivity index (χ2v) is 6.80. The van der Waals surface area contributed by atoms with Crippen LogP contribution in [0.25, 0.3) is 27.8 Å². The summed E-state index contributed by atoms with van der Waals surface area (Å²) >= 11 is 1.45. The number of hydrogen-bond donors (Lipinski definition) is 0. The summed E-state index contributed by atoms with van der Waals surface area (Å²) in [5.74, 6) is 1.77. The van der Waals surface area contributed by atoms with Gasteiger partial charge in [-0.1, -0.05) is 36.0 Å². The molecule has 0 aliphatic carbocycles. The molecule has 0 aliphatic rings. The lowest BCUT2D eigenvalue weighted by Gasteiger charge is -2.07. The van der Waals surface area contributed by atoms with Gasteiger partial charge in [-0.05, 0) is 24.3 Å². The number of para-hydroxylation sites is 3. The third-order valence-electron chi connectivity index (χ3n) is 4.29. The molecule has 0 N–H and O–H groups in total. The highest BCUT2D eigenvalue weighted by molar-refractivity contribution is 7.98. The van der Waals surface area contributed by atoms with Crippen LogP contribution in [0.15, 0.2) is 63.0 Å². The molecule has 5 rings (SSSR count). The van der Waals surface area contributed by atoms with Crippen LogP contribution in [-0.2, 0) is 12.8 Å². The fourth-order valence-corrected chi connectivity index (χ4v) is 3.78. The van der Waals surface area contributed by atoms with Crippen LogP contribution in [0, 0.1) is 0 Å². The van der Waals surface area contributed by atoms with Crippen LogP contribution in [0.5, 0.6) is 0 Å². The minimum atomic E-state index is -0.0846. The zero-order chi connectivity index (χ0) is 17.7. The quantitative estimate of drug-likeness (QED) is 0.459. The Balaban J connectivity index is 1.60. The fourth-order valence-electron chi connectivity index (χ4n) is 3.02. The molecule has 128 valence electrons. The maximum absolute atomic E-state index is 12.5. The number of benzene rings is 2. The van der Waals surface area contributed by atoms with Crippen molar-refractivity contribution in [1.82, 2.24) is 24.1 Å². The van der Waals surface area contributed by atoms with Gasteiger partial charge in [0.1, 0.15) is 11.3 Å². The fraction of sp³-hybridized carbons (Fsp3) is 0.111. The number of thioether (sulfide) groups is 1. The first-order chi connectivity index (χ1) is 12.7. The minimum absolute atomic E-state index is 0.0846. The van der Waals surface area contributed by atoms with Crippen LogP contribution in [-0.4, -0.2) is 24.1 Å². The number of nitrogens with zero attached hydrogens (tertiary/aromatic N) is 5. The number of fused-ring (bicyclic) bond motifs is 4. The van der Waals surface area contributed by atoms with Crippen molar-refractivity contribution in [3.05, 3.63) is 64.7 Å². The largest absolute Gasteiger partial charge is 0.431 e. The Morgan fingerprint density at radius 2 is 1.88 bits per heavy atom. The molecule has 0 unspecified atom stereocenters. The lowest BCUT2D eigenvalue weighted by Crippen LogP contribution is -2.20. The maximum atomic E-state index is 12.5. The maximum Gasteiger partial charge on any atom is 0.262 e. The number of aromatic nitrogens is 5. The van der Waals surface area contributed by atoms with E-state index in [1.165, 1.54) is 16.3 Å². The first-order valence-electron chi connectivity index (χ1n) is 8.02. The standard InChI is InChI=1S/C18H13N5O2S/c1-22-16(24)11-6-2-4-8-13(11)23-15(20-21-17(22)23)10-26-18-19-12-7-3-5-9-14(12)25-18/h2-9H,10H2,1H3. The van der Waals surface area contributed by atoms with Gasteiger partial charge in [0.15, 0.2) is 5.58 Å². The summed E-state index contributed by atoms with van der Waals surface area (Å²) < 4.78 is 9.17. The lowest BCUT2D eigenvalue weighted by atomic mass is 10.2. The normalized spacial score (nSPS) is 11.7. The molecule has 0 spiro atoms. The smallest absolute Gasteiger partial charge is 0.262 e. The number of rotatable bonds is 3. The van der Waals surface area contributed by atoms with Crippen LogP contribution in [0.1, 0.15) is 5.82 Å². The highest BCUT2D eigenvalue weighted by Crippen LogP contribution is 2.26. The van der Waals surface area contributed by atoms with Crippen LogP contribution < -0.4 is 5.56 Å². The molecule has 3 heterocycles. The van der Waals surface area contributed by atoms with Crippen molar-refractivity contribution in [3.63, 3.8) is 0 Å². The molecule has 0 aliphatic heterocycles. The summed E-state index contributed by atoms with van der Waals surface area (Å²) in [4.78, 5) is 17.0. The molecule has 0 atom stereocenters. The van der Waals surface area contributed by atoms with Crippen LogP contribution in [0.2, 0.25) is 0 Å². The molecule has 0 radical (unpaired) electrons. The average molecular weight is 363 g/mol. The molecule has 5 aromatic rings. The van der Waals surface area contributed by atoms with E-state index < -0.39 is 0 Å². The highest BCUT2D eigenvalue weighted by Gasteiger charge is 2.15. The number of oxazole rings is 1. The van der Waals surface area contributed by atoms with Gasteiger partial charge in [0.05, 0.1) is 16.7 Å². The van der Waals surface area contributed by atoms with Crippen molar-refractivity contribution in [2.45, 2.75) is 11.0 Å². The van der Waals surface area contributed by atoms with Crippen molar-refractivity contribution >= 4 is 39.5 Å². The van der Waals surface area contributed by atoms with Crippen LogP contribution in [0.4, 0.5) is 0 Å². The number of aryl methyl sites for hydroxylation is 1. The molecular weight excluding hydrogens is 350 g/mol. The Labute approximate surface area is 151 Å². The van der Waals surface area contributed by atoms with Gasteiger partial charge < -0.3 is 4.42 Å². The average Bonchev–Trinajstić information content (AvgIpc) is 3.28. The molecule has 7 nitrogen and oxygen atoms in total. The predicted molar refractivity (Wildman–Crippen MR) is 99.3 cm³/mol. The summed E-state index contributed by atoms with van der Waals surface area (Å²) in [6.07, 6.45) is 0. The first-order valence-corrected chi connectivity index (χ1v) is 9.01. The molecule has 2 aromatic carbocycles. The third kappa shape index (κ3) is 2.22. The minimum Gasteiger partial charge on any atom is -0.431 e. The van der Waals surface area contributed by atoms with Crippen molar-refractivity contribution in [1.29, 1.82) is 0 Å². The zero-order valence-corrected chi connectivity index (χ0v) is 14.6. The van der Waals surface area contributed by atoms with E-state index >= 15 is 0 Å². The van der Waals surface area contributed by atoms with Gasteiger partial charge in [0, 0.05) is 7.05 Å². The lowest BCUT2D eigenvalue weighted by molar-refractivity contribution is 0.489. The Hall–Kier alpha value is -3.13. The molecule has 0 saturated carbocycles. The summed E-state index contributed by atoms with van der Waals surface area (Å²) in [5.41, 5.74) is 2.30. The molecule has 26 heavy (non-hydrogen) atoms. The van der Waals surface area contributed by atoms with Gasteiger partial charge in [-0.3, -0.25) is 13.8 Å². The molecule has 0 fully saturated rings. The summed E-state index contributed by atoms with van der Waals surface area (Å²) in [6.45, 7) is 0. The second-order valence-electron chi connectivity index (χ2n) is 5.87. The SMILES string of the molecule is Cn1c(=O)c2ccccc2n2c(CSc3nc4ccccc4o3)nnc12. The molecule has 0 amide bonds. The van der Waals surface area contributed by atoms with E-state index in [0.29, 0.717) is 22.1 Å². The van der Waals surface area contributed by atoms with Crippen molar-refractivity contribution < 1.29 is 4.42 Å². The number of hydrogen-bond acceptors (Lipinski definition) is 6. The Morgan fingerprint density at radius 3 is 2.77 bits per heavy atom. The molecule has 0 bridgehead atoms. The Bertz CT molecular complexity index is 1300. The second kappa shape index (κ2) is 5.70. The monoisotopic (exact) mass is 363 g/mol. The Kier molecular flexibility index (Phi) is 3.32. The summed E-state index contributed by atoms with van der Waals surface area (Å²) in [5, 5.41) is 9.69. The predicted octanol–water partition coefficient (Wildman–Crippen LogP) is 3.01. The molecular formula is C18H13N5O2S. The first kappa shape index (κ1) is 15.2. The van der Waals surface area contributed by atoms with Gasteiger partial charge in [0.2, 0.25) is 5.78 Å². The van der Waals surface area contributed by atoms with E-state index in [1.54, 1.807) is 7.05 Å². The van der Waals surface area contributed by atoms with Gasteiger partial charge in [-0.25, -0.2) is 4.98 Å². The summed E-state index contributed by atoms with van der Waals surface area (Å²) in [6, 6.07) is 15.1.